The van der Waals surface area contributed by atoms with E-state index in [-0.39, 0.29) is 38.1 Å². The van der Waals surface area contributed by atoms with Gasteiger partial charge < -0.3 is 14.3 Å². The van der Waals surface area contributed by atoms with Crippen molar-refractivity contribution in [1.82, 2.24) is 9.55 Å². The number of benzene rings is 1. The normalized spacial score (nSPS) is 11.8. The molecule has 2 aromatic heterocycles. The van der Waals surface area contributed by atoms with E-state index in [1.165, 1.54) is 16.7 Å². The number of hydrogen-bond acceptors (Lipinski definition) is 5. The Labute approximate surface area is 160 Å². The Hall–Kier alpha value is -2.45. The lowest BCUT2D eigenvalue weighted by molar-refractivity contribution is -0.137. The Morgan fingerprint density at radius 1 is 1.42 bits per heavy atom. The smallest absolute Gasteiger partial charge is 0.419 e. The summed E-state index contributed by atoms with van der Waals surface area (Å²) in [5.74, 6) is -1.29. The fourth-order valence-corrected chi connectivity index (χ4v) is 2.64. The van der Waals surface area contributed by atoms with E-state index in [1.54, 1.807) is 6.20 Å². The van der Waals surface area contributed by atoms with Gasteiger partial charge in [0.05, 0.1) is 22.7 Å². The number of carbonyl (C=O) groups is 1. The molecule has 138 valence electrons. The number of oxazole rings is 1. The third kappa shape index (κ3) is 4.20. The summed E-state index contributed by atoms with van der Waals surface area (Å²) < 4.78 is 12.2. The number of ether oxygens (including phenoxy) is 1. The van der Waals surface area contributed by atoms with Gasteiger partial charge in [0.15, 0.2) is 5.58 Å². The molecule has 7 nitrogen and oxygen atoms in total. The number of pyridine rings is 1. The van der Waals surface area contributed by atoms with Gasteiger partial charge in [-0.15, -0.1) is 0 Å². The fourth-order valence-electron chi connectivity index (χ4n) is 2.44. The molecule has 0 aliphatic heterocycles. The SMILES string of the molecule is C[C@H](Oc1cc2oc(=O)n(CCC(=O)O)c2cc1Cl)c1ccccn1.S. The molecular formula is C17H17ClN2O5S. The largest absolute Gasteiger partial charge is 0.483 e. The van der Waals surface area contributed by atoms with E-state index in [1.807, 2.05) is 25.1 Å². The summed E-state index contributed by atoms with van der Waals surface area (Å²) in [6, 6.07) is 8.55. The Morgan fingerprint density at radius 3 is 2.85 bits per heavy atom. The van der Waals surface area contributed by atoms with Crippen LogP contribution in [0.4, 0.5) is 0 Å². The average Bonchev–Trinajstić information content (AvgIpc) is 2.88. The molecule has 26 heavy (non-hydrogen) atoms. The maximum atomic E-state index is 11.9. The highest BCUT2D eigenvalue weighted by atomic mass is 35.5. The Balaban J connectivity index is 0.00000243. The number of aromatic nitrogens is 2. The number of aryl methyl sites for hydroxylation is 1. The molecule has 0 saturated heterocycles. The number of carboxylic acids is 1. The first kappa shape index (κ1) is 19.9. The van der Waals surface area contributed by atoms with Crippen LogP contribution in [-0.4, -0.2) is 20.6 Å². The quantitative estimate of drug-likeness (QED) is 0.686. The molecule has 0 saturated carbocycles. The van der Waals surface area contributed by atoms with Gasteiger partial charge in [-0.1, -0.05) is 17.7 Å². The van der Waals surface area contributed by atoms with Gasteiger partial charge in [0.25, 0.3) is 0 Å². The number of nitrogens with zero attached hydrogens (tertiary/aromatic N) is 2. The van der Waals surface area contributed by atoms with E-state index >= 15 is 0 Å². The van der Waals surface area contributed by atoms with Crippen molar-refractivity contribution in [1.29, 1.82) is 0 Å². The highest BCUT2D eigenvalue weighted by Gasteiger charge is 2.16. The second-order valence-corrected chi connectivity index (χ2v) is 5.84. The van der Waals surface area contributed by atoms with E-state index in [2.05, 4.69) is 4.98 Å². The predicted octanol–water partition coefficient (Wildman–Crippen LogP) is 3.37. The van der Waals surface area contributed by atoms with E-state index in [0.29, 0.717) is 16.3 Å². The van der Waals surface area contributed by atoms with Crippen LogP contribution in [-0.2, 0) is 11.3 Å². The number of carboxylic acid groups (broad SMARTS) is 1. The number of fused-ring (bicyclic) bond motifs is 1. The Bertz CT molecular complexity index is 970. The van der Waals surface area contributed by atoms with Gasteiger partial charge >= 0.3 is 11.7 Å². The van der Waals surface area contributed by atoms with E-state index < -0.39 is 11.7 Å². The summed E-state index contributed by atoms with van der Waals surface area (Å²) in [6.07, 6.45) is 1.12. The third-order valence-corrected chi connectivity index (χ3v) is 3.97. The molecule has 3 aromatic rings. The minimum Gasteiger partial charge on any atom is -0.483 e. The summed E-state index contributed by atoms with van der Waals surface area (Å²) in [7, 11) is 0. The van der Waals surface area contributed by atoms with Crippen LogP contribution in [0.2, 0.25) is 5.02 Å². The van der Waals surface area contributed by atoms with Gasteiger partial charge in [0.1, 0.15) is 11.9 Å². The molecule has 1 N–H and O–H groups in total. The molecule has 0 aliphatic carbocycles. The number of halogens is 1. The number of rotatable bonds is 6. The molecule has 9 heteroatoms. The molecule has 0 spiro atoms. The van der Waals surface area contributed by atoms with Crippen LogP contribution in [0.5, 0.6) is 5.75 Å². The van der Waals surface area contributed by atoms with Gasteiger partial charge in [-0.2, -0.15) is 13.5 Å². The van der Waals surface area contributed by atoms with Crippen LogP contribution < -0.4 is 10.5 Å². The van der Waals surface area contributed by atoms with Crippen LogP contribution in [0.1, 0.15) is 25.1 Å². The summed E-state index contributed by atoms with van der Waals surface area (Å²) in [5, 5.41) is 9.08. The minimum absolute atomic E-state index is 0. The summed E-state index contributed by atoms with van der Waals surface area (Å²) >= 11 is 6.26. The standard InChI is InChI=1S/C17H15ClN2O5.H2S/c1-10(12-4-2-3-6-19-12)24-14-9-15-13(8-11(14)18)20(17(23)25-15)7-5-16(21)22;/h2-4,6,8-10H,5,7H2,1H3,(H,21,22);1H2/t10-;/m0./s1. The van der Waals surface area contributed by atoms with Gasteiger partial charge in [0.2, 0.25) is 0 Å². The summed E-state index contributed by atoms with van der Waals surface area (Å²) in [4.78, 5) is 26.9. The van der Waals surface area contributed by atoms with Crippen LogP contribution >= 0.6 is 25.1 Å². The van der Waals surface area contributed by atoms with E-state index in [4.69, 9.17) is 25.9 Å². The highest BCUT2D eigenvalue weighted by molar-refractivity contribution is 7.59. The van der Waals surface area contributed by atoms with Crippen LogP contribution in [0, 0.1) is 0 Å². The molecule has 3 rings (SSSR count). The molecule has 0 radical (unpaired) electrons. The zero-order valence-electron chi connectivity index (χ0n) is 13.8. The Kier molecular flexibility index (Phi) is 6.33. The molecule has 0 fully saturated rings. The van der Waals surface area contributed by atoms with E-state index in [0.717, 1.165) is 5.69 Å². The minimum atomic E-state index is -1.00. The van der Waals surface area contributed by atoms with Gasteiger partial charge in [-0.3, -0.25) is 14.3 Å². The molecule has 0 amide bonds. The zero-order chi connectivity index (χ0) is 18.0. The monoisotopic (exact) mass is 396 g/mol. The molecular weight excluding hydrogens is 380 g/mol. The Morgan fingerprint density at radius 2 is 2.19 bits per heavy atom. The first-order valence-corrected chi connectivity index (χ1v) is 7.96. The highest BCUT2D eigenvalue weighted by Crippen LogP contribution is 2.32. The van der Waals surface area contributed by atoms with Crippen molar-refractivity contribution in [3.8, 4) is 5.75 Å². The number of hydrogen-bond donors (Lipinski definition) is 1. The molecule has 2 heterocycles. The lowest BCUT2D eigenvalue weighted by Crippen LogP contribution is -2.16. The lowest BCUT2D eigenvalue weighted by atomic mass is 10.2. The third-order valence-electron chi connectivity index (χ3n) is 3.68. The average molecular weight is 397 g/mol. The second kappa shape index (κ2) is 8.29. The molecule has 1 aromatic carbocycles. The van der Waals surface area contributed by atoms with Crippen LogP contribution in [0.3, 0.4) is 0 Å². The van der Waals surface area contributed by atoms with E-state index in [9.17, 15) is 9.59 Å². The topological polar surface area (TPSA) is 94.6 Å². The van der Waals surface area contributed by atoms with Crippen molar-refractivity contribution in [3.63, 3.8) is 0 Å². The lowest BCUT2D eigenvalue weighted by Gasteiger charge is -2.15. The first-order chi connectivity index (χ1) is 12.0. The number of aliphatic carboxylic acids is 1. The molecule has 0 bridgehead atoms. The maximum absolute atomic E-state index is 11.9. The maximum Gasteiger partial charge on any atom is 0.419 e. The van der Waals surface area contributed by atoms with Crippen LogP contribution in [0.25, 0.3) is 11.1 Å². The van der Waals surface area contributed by atoms with Gasteiger partial charge in [-0.25, -0.2) is 4.79 Å². The van der Waals surface area contributed by atoms with Crippen molar-refractivity contribution in [2.24, 2.45) is 0 Å². The summed E-state index contributed by atoms with van der Waals surface area (Å²) in [6.45, 7) is 1.83. The van der Waals surface area contributed by atoms with Gasteiger partial charge in [0, 0.05) is 18.8 Å². The van der Waals surface area contributed by atoms with Crippen molar-refractivity contribution in [2.75, 3.05) is 0 Å². The second-order valence-electron chi connectivity index (χ2n) is 5.43. The fraction of sp³-hybridized carbons (Fsp3) is 0.235. The molecule has 0 aliphatic rings. The van der Waals surface area contributed by atoms with Crippen molar-refractivity contribution in [2.45, 2.75) is 26.0 Å². The molecule has 0 unspecified atom stereocenters. The predicted molar refractivity (Wildman–Crippen MR) is 101 cm³/mol. The summed E-state index contributed by atoms with van der Waals surface area (Å²) in [5.41, 5.74) is 1.44. The van der Waals surface area contributed by atoms with Crippen molar-refractivity contribution < 1.29 is 19.1 Å². The first-order valence-electron chi connectivity index (χ1n) is 7.58. The zero-order valence-corrected chi connectivity index (χ0v) is 15.6. The van der Waals surface area contributed by atoms with Gasteiger partial charge in [-0.05, 0) is 25.1 Å². The molecule has 1 atom stereocenters. The van der Waals surface area contributed by atoms with Crippen LogP contribution in [0.15, 0.2) is 45.7 Å². The van der Waals surface area contributed by atoms with Crippen molar-refractivity contribution in [3.05, 3.63) is 57.8 Å². The van der Waals surface area contributed by atoms with Crippen molar-refractivity contribution >= 4 is 42.2 Å².